The van der Waals surface area contributed by atoms with E-state index in [2.05, 4.69) is 4.98 Å². The van der Waals surface area contributed by atoms with E-state index in [0.717, 1.165) is 11.3 Å². The Labute approximate surface area is 168 Å². The molecule has 1 aromatic carbocycles. The number of hydrogen-bond acceptors (Lipinski definition) is 5. The highest BCUT2D eigenvalue weighted by atomic mass is 32.1. The van der Waals surface area contributed by atoms with Crippen LogP contribution in [0.2, 0.25) is 0 Å². The molecule has 0 saturated carbocycles. The van der Waals surface area contributed by atoms with Crippen LogP contribution in [0, 0.1) is 6.92 Å². The number of morpholine rings is 1. The molecule has 0 aliphatic carbocycles. The number of aromatic nitrogens is 1. The molecule has 146 valence electrons. The van der Waals surface area contributed by atoms with Crippen molar-refractivity contribution in [1.29, 1.82) is 0 Å². The number of carbonyl (C=O) groups excluding carboxylic acids is 2. The summed E-state index contributed by atoms with van der Waals surface area (Å²) in [6, 6.07) is 9.93. The molecule has 2 amide bonds. The van der Waals surface area contributed by atoms with E-state index >= 15 is 0 Å². The molecular weight excluding hydrogens is 374 g/mol. The SMILES string of the molecule is Cc1ncsc1C(=O)N1CCO[C@]2(CC=CCN(Cc3ccccc3)C2=O)C1. The van der Waals surface area contributed by atoms with E-state index in [9.17, 15) is 9.59 Å². The number of aryl methyl sites for hydroxylation is 1. The average molecular weight is 398 g/mol. The van der Waals surface area contributed by atoms with Gasteiger partial charge in [0.25, 0.3) is 11.8 Å². The summed E-state index contributed by atoms with van der Waals surface area (Å²) >= 11 is 1.34. The Balaban J connectivity index is 1.56. The van der Waals surface area contributed by atoms with E-state index in [1.54, 1.807) is 10.4 Å². The van der Waals surface area contributed by atoms with Gasteiger partial charge in [0.15, 0.2) is 5.60 Å². The van der Waals surface area contributed by atoms with E-state index in [-0.39, 0.29) is 18.4 Å². The Morgan fingerprint density at radius 3 is 2.86 bits per heavy atom. The summed E-state index contributed by atoms with van der Waals surface area (Å²) in [6.07, 6.45) is 4.48. The Morgan fingerprint density at radius 2 is 2.11 bits per heavy atom. The van der Waals surface area contributed by atoms with E-state index in [4.69, 9.17) is 4.74 Å². The summed E-state index contributed by atoms with van der Waals surface area (Å²) in [5, 5.41) is 0. The maximum Gasteiger partial charge on any atom is 0.266 e. The van der Waals surface area contributed by atoms with Crippen molar-refractivity contribution in [2.45, 2.75) is 25.5 Å². The van der Waals surface area contributed by atoms with Crippen molar-refractivity contribution >= 4 is 23.2 Å². The number of amides is 2. The van der Waals surface area contributed by atoms with Crippen LogP contribution in [0.5, 0.6) is 0 Å². The minimum absolute atomic E-state index is 0.0557. The number of rotatable bonds is 3. The second-order valence-electron chi connectivity index (χ2n) is 7.18. The van der Waals surface area contributed by atoms with Crippen LogP contribution in [-0.2, 0) is 16.1 Å². The molecule has 1 aromatic heterocycles. The third kappa shape index (κ3) is 3.59. The van der Waals surface area contributed by atoms with Crippen molar-refractivity contribution in [3.63, 3.8) is 0 Å². The monoisotopic (exact) mass is 397 g/mol. The average Bonchev–Trinajstić information content (AvgIpc) is 3.10. The van der Waals surface area contributed by atoms with Crippen molar-refractivity contribution in [2.75, 3.05) is 26.2 Å². The molecule has 1 atom stereocenters. The van der Waals surface area contributed by atoms with Gasteiger partial charge in [-0.2, -0.15) is 0 Å². The van der Waals surface area contributed by atoms with Gasteiger partial charge in [-0.1, -0.05) is 42.5 Å². The molecule has 0 unspecified atom stereocenters. The van der Waals surface area contributed by atoms with Gasteiger partial charge in [0.2, 0.25) is 0 Å². The summed E-state index contributed by atoms with van der Waals surface area (Å²) < 4.78 is 6.05. The third-order valence-electron chi connectivity index (χ3n) is 5.25. The highest BCUT2D eigenvalue weighted by Crippen LogP contribution is 2.29. The lowest BCUT2D eigenvalue weighted by molar-refractivity contribution is -0.167. The summed E-state index contributed by atoms with van der Waals surface area (Å²) in [5.41, 5.74) is 2.47. The van der Waals surface area contributed by atoms with Gasteiger partial charge >= 0.3 is 0 Å². The van der Waals surface area contributed by atoms with Gasteiger partial charge < -0.3 is 14.5 Å². The smallest absolute Gasteiger partial charge is 0.266 e. The van der Waals surface area contributed by atoms with Gasteiger partial charge in [0.1, 0.15) is 4.88 Å². The molecule has 0 bridgehead atoms. The molecular formula is C21H23N3O3S. The first-order valence-corrected chi connectivity index (χ1v) is 10.3. The zero-order valence-corrected chi connectivity index (χ0v) is 16.7. The first-order valence-electron chi connectivity index (χ1n) is 9.41. The normalized spacial score (nSPS) is 22.5. The fraction of sp³-hybridized carbons (Fsp3) is 0.381. The van der Waals surface area contributed by atoms with E-state index in [0.29, 0.717) is 37.5 Å². The fourth-order valence-corrected chi connectivity index (χ4v) is 4.50. The van der Waals surface area contributed by atoms with Gasteiger partial charge in [0.05, 0.1) is 24.4 Å². The molecule has 0 radical (unpaired) electrons. The second-order valence-corrected chi connectivity index (χ2v) is 8.04. The molecule has 2 aliphatic heterocycles. The third-order valence-corrected chi connectivity index (χ3v) is 6.16. The van der Waals surface area contributed by atoms with Crippen LogP contribution in [0.25, 0.3) is 0 Å². The fourth-order valence-electron chi connectivity index (χ4n) is 3.74. The van der Waals surface area contributed by atoms with E-state index in [1.165, 1.54) is 11.3 Å². The van der Waals surface area contributed by atoms with Gasteiger partial charge in [-0.3, -0.25) is 9.59 Å². The van der Waals surface area contributed by atoms with Gasteiger partial charge in [-0.15, -0.1) is 11.3 Å². The lowest BCUT2D eigenvalue weighted by atomic mass is 9.95. The van der Waals surface area contributed by atoms with Crippen LogP contribution < -0.4 is 0 Å². The zero-order valence-electron chi connectivity index (χ0n) is 15.8. The molecule has 4 rings (SSSR count). The maximum atomic E-state index is 13.5. The predicted octanol–water partition coefficient (Wildman–Crippen LogP) is 2.65. The predicted molar refractivity (Wildman–Crippen MR) is 107 cm³/mol. The summed E-state index contributed by atoms with van der Waals surface area (Å²) in [4.78, 5) is 34.8. The van der Waals surface area contributed by atoms with Crippen molar-refractivity contribution in [2.24, 2.45) is 0 Å². The lowest BCUT2D eigenvalue weighted by Gasteiger charge is -2.42. The molecule has 1 saturated heterocycles. The van der Waals surface area contributed by atoms with Gasteiger partial charge in [-0.25, -0.2) is 4.98 Å². The molecule has 2 aliphatic rings. The number of nitrogens with zero attached hydrogens (tertiary/aromatic N) is 3. The summed E-state index contributed by atoms with van der Waals surface area (Å²) in [6.45, 7) is 3.99. The quantitative estimate of drug-likeness (QED) is 0.747. The molecule has 0 N–H and O–H groups in total. The number of hydrogen-bond donors (Lipinski definition) is 0. The summed E-state index contributed by atoms with van der Waals surface area (Å²) in [5.74, 6) is -0.127. The minimum atomic E-state index is -1.02. The van der Waals surface area contributed by atoms with Crippen LogP contribution >= 0.6 is 11.3 Å². The van der Waals surface area contributed by atoms with Crippen molar-refractivity contribution in [3.8, 4) is 0 Å². The maximum absolute atomic E-state index is 13.5. The molecule has 28 heavy (non-hydrogen) atoms. The van der Waals surface area contributed by atoms with Crippen LogP contribution in [0.4, 0.5) is 0 Å². The van der Waals surface area contributed by atoms with Crippen LogP contribution in [0.3, 0.4) is 0 Å². The highest BCUT2D eigenvalue weighted by Gasteiger charge is 2.47. The van der Waals surface area contributed by atoms with Gasteiger partial charge in [-0.05, 0) is 12.5 Å². The first kappa shape index (κ1) is 18.8. The molecule has 1 fully saturated rings. The molecule has 6 nitrogen and oxygen atoms in total. The van der Waals surface area contributed by atoms with Crippen molar-refractivity contribution < 1.29 is 14.3 Å². The van der Waals surface area contributed by atoms with Crippen molar-refractivity contribution in [1.82, 2.24) is 14.8 Å². The Bertz CT molecular complexity index is 895. The topological polar surface area (TPSA) is 62.7 Å². The van der Waals surface area contributed by atoms with E-state index in [1.807, 2.05) is 54.3 Å². The number of benzene rings is 1. The zero-order chi connectivity index (χ0) is 19.6. The van der Waals surface area contributed by atoms with Crippen LogP contribution in [0.15, 0.2) is 48.0 Å². The first-order chi connectivity index (χ1) is 13.6. The largest absolute Gasteiger partial charge is 0.361 e. The molecule has 2 aromatic rings. The number of carbonyl (C=O) groups is 2. The standard InChI is InChI=1S/C21H23N3O3S/c1-16-18(28-15-22-16)19(25)24-11-12-27-21(14-24)9-5-6-10-23(20(21)26)13-17-7-3-2-4-8-17/h2-8,15H,9-14H2,1H3/t21-/m1/s1. The minimum Gasteiger partial charge on any atom is -0.361 e. The molecule has 1 spiro atoms. The number of ether oxygens (including phenoxy) is 1. The second kappa shape index (κ2) is 7.85. The molecule has 3 heterocycles. The Kier molecular flexibility index (Phi) is 5.28. The summed E-state index contributed by atoms with van der Waals surface area (Å²) in [7, 11) is 0. The highest BCUT2D eigenvalue weighted by molar-refractivity contribution is 7.11. The van der Waals surface area contributed by atoms with Gasteiger partial charge in [0, 0.05) is 26.1 Å². The number of thiazole rings is 1. The van der Waals surface area contributed by atoms with Crippen molar-refractivity contribution in [3.05, 3.63) is 64.1 Å². The lowest BCUT2D eigenvalue weighted by Crippen LogP contribution is -2.60. The van der Waals surface area contributed by atoms with E-state index < -0.39 is 5.60 Å². The van der Waals surface area contributed by atoms with Crippen LogP contribution in [-0.4, -0.2) is 58.4 Å². The molecule has 7 heteroatoms. The Morgan fingerprint density at radius 1 is 1.29 bits per heavy atom. The Hall–Kier alpha value is -2.51. The van der Waals surface area contributed by atoms with Crippen LogP contribution in [0.1, 0.15) is 27.3 Å².